The summed E-state index contributed by atoms with van der Waals surface area (Å²) < 4.78 is 53.6. The first-order chi connectivity index (χ1) is 22.4. The Morgan fingerprint density at radius 2 is 1.89 bits per heavy atom. The zero-order valence-electron chi connectivity index (χ0n) is 25.9. The van der Waals surface area contributed by atoms with Gasteiger partial charge in [-0.15, -0.1) is 11.3 Å². The summed E-state index contributed by atoms with van der Waals surface area (Å²) in [6.07, 6.45) is -0.569. The van der Waals surface area contributed by atoms with Crippen molar-refractivity contribution >= 4 is 23.2 Å². The molecule has 0 bridgehead atoms. The molecule has 248 valence electrons. The van der Waals surface area contributed by atoms with Crippen molar-refractivity contribution in [3.05, 3.63) is 110 Å². The summed E-state index contributed by atoms with van der Waals surface area (Å²) in [5.41, 5.74) is 1.54. The van der Waals surface area contributed by atoms with Gasteiger partial charge in [0.05, 0.1) is 11.6 Å². The summed E-state index contributed by atoms with van der Waals surface area (Å²) >= 11 is 1.50. The van der Waals surface area contributed by atoms with E-state index in [9.17, 15) is 32.3 Å². The molecule has 2 amide bonds. The molecule has 1 aliphatic heterocycles. The molecule has 8 nitrogen and oxygen atoms in total. The second-order valence-corrected chi connectivity index (χ2v) is 12.6. The number of aryl methyl sites for hydroxylation is 1. The lowest BCUT2D eigenvalue weighted by Crippen LogP contribution is -2.36. The van der Waals surface area contributed by atoms with Gasteiger partial charge >= 0.3 is 6.18 Å². The topological polar surface area (TPSA) is 107 Å². The number of hydrogen-bond acceptors (Lipinski definition) is 7. The molecule has 13 heteroatoms. The average Bonchev–Trinajstić information content (AvgIpc) is 3.71. The molecule has 0 spiro atoms. The zero-order valence-corrected chi connectivity index (χ0v) is 26.7. The number of phenolic OH excluding ortho intramolecular Hbond substituents is 1. The van der Waals surface area contributed by atoms with Crippen molar-refractivity contribution in [2.24, 2.45) is 0 Å². The Morgan fingerprint density at radius 1 is 1.11 bits per heavy atom. The van der Waals surface area contributed by atoms with Crippen LogP contribution in [0.1, 0.15) is 91.9 Å². The molecule has 1 saturated heterocycles. The predicted molar refractivity (Wildman–Crippen MR) is 170 cm³/mol. The van der Waals surface area contributed by atoms with E-state index in [1.165, 1.54) is 47.9 Å². The summed E-state index contributed by atoms with van der Waals surface area (Å²) in [7, 11) is 0. The Labute approximate surface area is 273 Å². The van der Waals surface area contributed by atoms with Gasteiger partial charge in [-0.1, -0.05) is 12.1 Å². The molecule has 1 fully saturated rings. The largest absolute Gasteiger partial charge is 0.508 e. The Hall–Kier alpha value is -4.36. The van der Waals surface area contributed by atoms with Crippen LogP contribution in [-0.4, -0.2) is 44.4 Å². The van der Waals surface area contributed by atoms with E-state index in [2.05, 4.69) is 20.6 Å². The van der Waals surface area contributed by atoms with Gasteiger partial charge in [-0.2, -0.15) is 13.2 Å². The summed E-state index contributed by atoms with van der Waals surface area (Å²) in [5.74, 6) is -0.792. The van der Waals surface area contributed by atoms with Gasteiger partial charge in [0.2, 0.25) is 0 Å². The number of likely N-dealkylation sites (tertiary alicyclic amines) is 1. The molecule has 0 aliphatic carbocycles. The van der Waals surface area contributed by atoms with Crippen LogP contribution in [0, 0.1) is 6.92 Å². The second kappa shape index (κ2) is 14.6. The number of aromatic hydroxyl groups is 1. The molecule has 2 aromatic carbocycles. The van der Waals surface area contributed by atoms with E-state index in [0.29, 0.717) is 24.1 Å². The Balaban J connectivity index is 1.31. The molecule has 5 rings (SSSR count). The van der Waals surface area contributed by atoms with E-state index in [0.717, 1.165) is 35.8 Å². The van der Waals surface area contributed by atoms with Crippen molar-refractivity contribution in [2.75, 3.05) is 6.54 Å². The number of aromatic nitrogens is 2. The zero-order chi connectivity index (χ0) is 33.7. The number of nitrogens with zero attached hydrogens (tertiary/aromatic N) is 3. The number of rotatable bonds is 11. The SMILES string of the molecule is Cc1csc([C@H]2CCCN2C(=O)c2cc(CF)cc(C(=O)N[C@@H](C)CC(NCc3cncc(C(F)(F)F)c3)c3cccc(O)c3)c2)n1. The number of nitrogens with one attached hydrogen (secondary N) is 2. The van der Waals surface area contributed by atoms with Crippen molar-refractivity contribution < 1.29 is 32.3 Å². The van der Waals surface area contributed by atoms with Gasteiger partial charge in [-0.05, 0) is 86.2 Å². The van der Waals surface area contributed by atoms with E-state index in [1.54, 1.807) is 24.0 Å². The highest BCUT2D eigenvalue weighted by Gasteiger charge is 2.33. The highest BCUT2D eigenvalue weighted by atomic mass is 32.1. The molecule has 47 heavy (non-hydrogen) atoms. The second-order valence-electron chi connectivity index (χ2n) is 11.8. The number of thiazole rings is 1. The summed E-state index contributed by atoms with van der Waals surface area (Å²) in [6.45, 7) is 3.37. The molecule has 0 saturated carbocycles. The van der Waals surface area contributed by atoms with Crippen molar-refractivity contribution in [3.8, 4) is 5.75 Å². The quantitative estimate of drug-likeness (QED) is 0.148. The van der Waals surface area contributed by atoms with E-state index >= 15 is 0 Å². The Morgan fingerprint density at radius 3 is 2.60 bits per heavy atom. The fraction of sp³-hybridized carbons (Fsp3) is 0.353. The monoisotopic (exact) mass is 669 g/mol. The number of carbonyl (C=O) groups is 2. The van der Waals surface area contributed by atoms with E-state index in [1.807, 2.05) is 12.3 Å². The minimum atomic E-state index is -4.53. The first-order valence-electron chi connectivity index (χ1n) is 15.2. The van der Waals surface area contributed by atoms with Crippen molar-refractivity contribution in [3.63, 3.8) is 0 Å². The van der Waals surface area contributed by atoms with Gasteiger partial charge in [-0.25, -0.2) is 9.37 Å². The van der Waals surface area contributed by atoms with E-state index in [-0.39, 0.29) is 40.9 Å². The Bertz CT molecular complexity index is 1730. The van der Waals surface area contributed by atoms with Gasteiger partial charge in [0.25, 0.3) is 11.8 Å². The van der Waals surface area contributed by atoms with Crippen molar-refractivity contribution in [2.45, 2.75) is 70.6 Å². The summed E-state index contributed by atoms with van der Waals surface area (Å²) in [4.78, 5) is 37.1. The van der Waals surface area contributed by atoms with Crippen LogP contribution in [0.3, 0.4) is 0 Å². The van der Waals surface area contributed by atoms with Gasteiger partial charge < -0.3 is 20.6 Å². The molecule has 0 radical (unpaired) electrons. The first-order valence-corrected chi connectivity index (χ1v) is 16.1. The predicted octanol–water partition coefficient (Wildman–Crippen LogP) is 7.06. The lowest BCUT2D eigenvalue weighted by atomic mass is 9.98. The number of carbonyl (C=O) groups excluding carboxylic acids is 2. The number of halogens is 4. The molecule has 2 aromatic heterocycles. The molecule has 1 unspecified atom stereocenters. The molecule has 3 N–H and O–H groups in total. The molecular formula is C34H35F4N5O3S. The number of amides is 2. The number of phenols is 1. The van der Waals surface area contributed by atoms with Gasteiger partial charge in [0.1, 0.15) is 17.4 Å². The van der Waals surface area contributed by atoms with E-state index < -0.39 is 36.4 Å². The first kappa shape index (κ1) is 34.0. The van der Waals surface area contributed by atoms with Gasteiger partial charge in [0.15, 0.2) is 0 Å². The summed E-state index contributed by atoms with van der Waals surface area (Å²) in [6, 6.07) is 10.7. The molecular weight excluding hydrogens is 634 g/mol. The van der Waals surface area contributed by atoms with Crippen LogP contribution in [0.25, 0.3) is 0 Å². The minimum absolute atomic E-state index is 0.0113. The third-order valence-corrected chi connectivity index (χ3v) is 9.07. The summed E-state index contributed by atoms with van der Waals surface area (Å²) in [5, 5.41) is 19.0. The maximum Gasteiger partial charge on any atom is 0.417 e. The molecule has 4 aromatic rings. The highest BCUT2D eigenvalue weighted by Crippen LogP contribution is 2.35. The number of hydrogen-bond donors (Lipinski definition) is 3. The van der Waals surface area contributed by atoms with Crippen LogP contribution in [-0.2, 0) is 19.4 Å². The lowest BCUT2D eigenvalue weighted by molar-refractivity contribution is -0.137. The van der Waals surface area contributed by atoms with Crippen LogP contribution >= 0.6 is 11.3 Å². The Kier molecular flexibility index (Phi) is 10.6. The average molecular weight is 670 g/mol. The fourth-order valence-corrected chi connectivity index (χ4v) is 6.70. The van der Waals surface area contributed by atoms with Gasteiger partial charge in [0, 0.05) is 59.8 Å². The van der Waals surface area contributed by atoms with Crippen LogP contribution < -0.4 is 10.6 Å². The number of benzene rings is 2. The van der Waals surface area contributed by atoms with Crippen LogP contribution in [0.2, 0.25) is 0 Å². The maximum atomic E-state index is 13.9. The van der Waals surface area contributed by atoms with Crippen molar-refractivity contribution in [1.29, 1.82) is 0 Å². The fourth-order valence-electron chi connectivity index (χ4n) is 5.76. The van der Waals surface area contributed by atoms with Crippen LogP contribution in [0.15, 0.2) is 66.3 Å². The number of pyridine rings is 1. The van der Waals surface area contributed by atoms with Crippen LogP contribution in [0.4, 0.5) is 17.6 Å². The molecule has 1 aliphatic rings. The highest BCUT2D eigenvalue weighted by molar-refractivity contribution is 7.09. The van der Waals surface area contributed by atoms with E-state index in [4.69, 9.17) is 0 Å². The smallest absolute Gasteiger partial charge is 0.417 e. The standard InChI is InChI=1S/C34H35F4N5O3S/c1-20(9-29(24-5-3-6-28(44)14-24)40-17-23-12-27(18-39-16-23)34(36,37)38)41-31(45)25-10-22(15-35)11-26(13-25)33(46)43-8-4-7-30(43)32-42-21(2)19-47-32/h3,5-6,10-14,16,18-20,29-30,40,44H,4,7-9,15,17H2,1-2H3,(H,41,45)/t20-,29?,30+/m0/s1. The normalized spacial score (nSPS) is 16.2. The minimum Gasteiger partial charge on any atom is -0.508 e. The molecule has 3 atom stereocenters. The van der Waals surface area contributed by atoms with Gasteiger partial charge in [-0.3, -0.25) is 14.6 Å². The maximum absolute atomic E-state index is 13.9. The third-order valence-electron chi connectivity index (χ3n) is 8.01. The van der Waals surface area contributed by atoms with Crippen LogP contribution in [0.5, 0.6) is 5.75 Å². The lowest BCUT2D eigenvalue weighted by Gasteiger charge is -2.25. The third kappa shape index (κ3) is 8.52. The molecule has 3 heterocycles. The van der Waals surface area contributed by atoms with Crippen molar-refractivity contribution in [1.82, 2.24) is 25.5 Å². The number of alkyl halides is 4.